The van der Waals surface area contributed by atoms with Gasteiger partial charge < -0.3 is 20.3 Å². The van der Waals surface area contributed by atoms with Gasteiger partial charge in [-0.2, -0.15) is 4.98 Å². The average Bonchev–Trinajstić information content (AvgIpc) is 3.20. The molecule has 0 aliphatic carbocycles. The number of aliphatic hydroxyl groups excluding tert-OH is 1. The Morgan fingerprint density at radius 3 is 2.83 bits per heavy atom. The van der Waals surface area contributed by atoms with Gasteiger partial charge in [-0.3, -0.25) is 14.2 Å². The minimum atomic E-state index is -0.737. The first-order chi connectivity index (χ1) is 13.5. The second-order valence-corrected chi connectivity index (χ2v) is 9.45. The van der Waals surface area contributed by atoms with Crippen molar-refractivity contribution >= 4 is 33.6 Å². The van der Waals surface area contributed by atoms with E-state index in [4.69, 9.17) is 15.2 Å². The predicted octanol–water partition coefficient (Wildman–Crippen LogP) is 2.09. The number of aliphatic hydroxyl groups is 1. The van der Waals surface area contributed by atoms with Crippen LogP contribution in [0.15, 0.2) is 11.0 Å². The minimum absolute atomic E-state index is 0.0518. The minimum Gasteiger partial charge on any atom is -0.462 e. The third kappa shape index (κ3) is 4.29. The molecule has 2 aromatic heterocycles. The molecule has 0 amide bonds. The monoisotopic (exact) mass is 424 g/mol. The van der Waals surface area contributed by atoms with Crippen molar-refractivity contribution in [3.63, 3.8) is 0 Å². The summed E-state index contributed by atoms with van der Waals surface area (Å²) in [6.07, 6.45) is 0.0320. The summed E-state index contributed by atoms with van der Waals surface area (Å²) in [6.45, 7) is 8.99. The van der Waals surface area contributed by atoms with Crippen LogP contribution in [0.2, 0.25) is 0 Å². The number of nitrogens with zero attached hydrogens (tertiary/aromatic N) is 3. The molecule has 9 nitrogen and oxygen atoms in total. The summed E-state index contributed by atoms with van der Waals surface area (Å²) in [5.74, 6) is -0.618. The van der Waals surface area contributed by atoms with Crippen LogP contribution in [0.4, 0.5) is 5.95 Å². The summed E-state index contributed by atoms with van der Waals surface area (Å²) >= 11 is 0.998. The number of ether oxygens (including phenoxy) is 2. The molecule has 0 saturated carbocycles. The quantitative estimate of drug-likeness (QED) is 0.698. The molecular formula is C19H28N4O5S. The first-order valence-electron chi connectivity index (χ1n) is 9.71. The number of nitrogen functional groups attached to an aromatic ring is 1. The van der Waals surface area contributed by atoms with E-state index in [1.165, 1.54) is 10.8 Å². The van der Waals surface area contributed by atoms with E-state index >= 15 is 0 Å². The van der Waals surface area contributed by atoms with Gasteiger partial charge in [0.05, 0.1) is 28.5 Å². The molecule has 2 aromatic rings. The van der Waals surface area contributed by atoms with Crippen LogP contribution in [0, 0.1) is 11.3 Å². The van der Waals surface area contributed by atoms with Gasteiger partial charge in [0, 0.05) is 5.92 Å². The molecule has 0 bridgehead atoms. The lowest BCUT2D eigenvalue weighted by Crippen LogP contribution is -2.35. The fourth-order valence-corrected chi connectivity index (χ4v) is 4.23. The molecule has 10 heteroatoms. The molecular weight excluding hydrogens is 396 g/mol. The largest absolute Gasteiger partial charge is 0.462 e. The Bertz CT molecular complexity index is 950. The van der Waals surface area contributed by atoms with Gasteiger partial charge in [0.2, 0.25) is 5.95 Å². The van der Waals surface area contributed by atoms with Crippen molar-refractivity contribution in [1.82, 2.24) is 14.5 Å². The highest BCUT2D eigenvalue weighted by atomic mass is 32.1. The summed E-state index contributed by atoms with van der Waals surface area (Å²) in [7, 11) is 0. The molecule has 0 aromatic carbocycles. The fraction of sp³-hybridized carbons (Fsp3) is 0.684. The number of hydrogen-bond donors (Lipinski definition) is 2. The van der Waals surface area contributed by atoms with E-state index in [0.717, 1.165) is 11.3 Å². The number of esters is 1. The Labute approximate surface area is 172 Å². The standard InChI is InChI=1S/C19H28N4O5S/c1-6-11(24)12-7-10(9(2)27-16(25)19(3,4)5)15(28-12)23-14-13(29-18(23)26)8-21-17(20)22-14/h8-12,15,24H,6-7H2,1-5H3,(H2,20,21,22)/t9-,10+,11+,12+,15-/m1/s1. The molecule has 5 atom stereocenters. The van der Waals surface area contributed by atoms with Crippen molar-refractivity contribution in [1.29, 1.82) is 0 Å². The van der Waals surface area contributed by atoms with Gasteiger partial charge >= 0.3 is 10.8 Å². The van der Waals surface area contributed by atoms with Crippen molar-refractivity contribution in [2.75, 3.05) is 5.73 Å². The van der Waals surface area contributed by atoms with Gasteiger partial charge in [0.25, 0.3) is 0 Å². The number of fused-ring (bicyclic) bond motifs is 1. The number of nitrogens with two attached hydrogens (primary N) is 1. The second-order valence-electron chi connectivity index (χ2n) is 8.45. The number of carbonyl (C=O) groups is 1. The molecule has 3 heterocycles. The van der Waals surface area contributed by atoms with Gasteiger partial charge in [-0.05, 0) is 40.5 Å². The van der Waals surface area contributed by atoms with Crippen LogP contribution >= 0.6 is 11.3 Å². The zero-order chi connectivity index (χ0) is 21.5. The summed E-state index contributed by atoms with van der Waals surface area (Å²) in [4.78, 5) is 33.0. The van der Waals surface area contributed by atoms with Gasteiger partial charge in [-0.1, -0.05) is 18.3 Å². The van der Waals surface area contributed by atoms with Crippen molar-refractivity contribution < 1.29 is 19.4 Å². The Morgan fingerprint density at radius 1 is 1.52 bits per heavy atom. The third-order valence-electron chi connectivity index (χ3n) is 5.17. The lowest BCUT2D eigenvalue weighted by Gasteiger charge is -2.27. The van der Waals surface area contributed by atoms with E-state index in [1.54, 1.807) is 27.7 Å². The van der Waals surface area contributed by atoms with Gasteiger partial charge in [0.1, 0.15) is 12.3 Å². The molecule has 160 valence electrons. The summed E-state index contributed by atoms with van der Waals surface area (Å²) in [6, 6.07) is 0. The van der Waals surface area contributed by atoms with Crippen LogP contribution in [0.1, 0.15) is 53.7 Å². The molecule has 1 fully saturated rings. The topological polar surface area (TPSA) is 130 Å². The summed E-state index contributed by atoms with van der Waals surface area (Å²) in [5.41, 5.74) is 5.45. The Balaban J connectivity index is 2.00. The van der Waals surface area contributed by atoms with Crippen LogP contribution in [0.5, 0.6) is 0 Å². The second kappa shape index (κ2) is 8.00. The normalized spacial score (nSPS) is 24.6. The Kier molecular flexibility index (Phi) is 5.98. The number of hydrogen-bond acceptors (Lipinski definition) is 9. The number of aromatic nitrogens is 3. The van der Waals surface area contributed by atoms with E-state index < -0.39 is 30.0 Å². The van der Waals surface area contributed by atoms with Crippen LogP contribution in [0.25, 0.3) is 10.3 Å². The highest BCUT2D eigenvalue weighted by molar-refractivity contribution is 7.16. The zero-order valence-corrected chi connectivity index (χ0v) is 18.1. The van der Waals surface area contributed by atoms with Gasteiger partial charge in [-0.15, -0.1) is 0 Å². The SMILES string of the molecule is CC[C@H](O)[C@@H]1C[C@@H]([C@@H](C)OC(=O)C(C)(C)C)[C@H](n2c(=O)sc3cnc(N)nc32)O1. The van der Waals surface area contributed by atoms with Crippen LogP contribution < -0.4 is 10.6 Å². The molecule has 3 N–H and O–H groups in total. The maximum atomic E-state index is 12.8. The van der Waals surface area contributed by atoms with E-state index in [-0.39, 0.29) is 22.7 Å². The summed E-state index contributed by atoms with van der Waals surface area (Å²) in [5, 5.41) is 10.3. The van der Waals surface area contributed by atoms with Crippen molar-refractivity contribution in [3.8, 4) is 0 Å². The molecule has 0 radical (unpaired) electrons. The van der Waals surface area contributed by atoms with E-state index in [2.05, 4.69) is 9.97 Å². The molecule has 0 spiro atoms. The molecule has 1 aliphatic heterocycles. The lowest BCUT2D eigenvalue weighted by molar-refractivity contribution is -0.162. The van der Waals surface area contributed by atoms with Gasteiger partial charge in [-0.25, -0.2) is 4.98 Å². The summed E-state index contributed by atoms with van der Waals surface area (Å²) < 4.78 is 13.8. The van der Waals surface area contributed by atoms with Crippen LogP contribution in [-0.2, 0) is 14.3 Å². The van der Waals surface area contributed by atoms with Crippen molar-refractivity contribution in [3.05, 3.63) is 15.9 Å². The van der Waals surface area contributed by atoms with Gasteiger partial charge in [0.15, 0.2) is 5.65 Å². The maximum Gasteiger partial charge on any atom is 0.311 e. The molecule has 29 heavy (non-hydrogen) atoms. The maximum absolute atomic E-state index is 12.8. The van der Waals surface area contributed by atoms with E-state index in [0.29, 0.717) is 23.2 Å². The number of thiazole rings is 1. The Morgan fingerprint density at radius 2 is 2.21 bits per heavy atom. The van der Waals surface area contributed by atoms with Crippen molar-refractivity contribution in [2.24, 2.45) is 11.3 Å². The fourth-order valence-electron chi connectivity index (χ4n) is 3.41. The van der Waals surface area contributed by atoms with E-state index in [1.807, 2.05) is 6.92 Å². The number of anilines is 1. The van der Waals surface area contributed by atoms with Crippen LogP contribution in [-0.4, -0.2) is 43.9 Å². The average molecular weight is 425 g/mol. The molecule has 1 saturated heterocycles. The molecule has 1 aliphatic rings. The lowest BCUT2D eigenvalue weighted by atomic mass is 9.93. The first-order valence-corrected chi connectivity index (χ1v) is 10.5. The van der Waals surface area contributed by atoms with Crippen LogP contribution in [0.3, 0.4) is 0 Å². The highest BCUT2D eigenvalue weighted by Gasteiger charge is 2.45. The molecule has 3 rings (SSSR count). The third-order valence-corrected chi connectivity index (χ3v) is 6.05. The smallest absolute Gasteiger partial charge is 0.311 e. The highest BCUT2D eigenvalue weighted by Crippen LogP contribution is 2.40. The van der Waals surface area contributed by atoms with Crippen molar-refractivity contribution in [2.45, 2.75) is 72.0 Å². The Hall–Kier alpha value is -2.04. The number of rotatable bonds is 5. The first kappa shape index (κ1) is 21.7. The molecule has 0 unspecified atom stereocenters. The predicted molar refractivity (Wildman–Crippen MR) is 109 cm³/mol. The number of carbonyl (C=O) groups excluding carboxylic acids is 1. The zero-order valence-electron chi connectivity index (χ0n) is 17.3. The van der Waals surface area contributed by atoms with E-state index in [9.17, 15) is 14.7 Å².